The second-order valence-corrected chi connectivity index (χ2v) is 4.96. The van der Waals surface area contributed by atoms with Crippen LogP contribution in [-0.4, -0.2) is 40.2 Å². The maximum atomic E-state index is 9.58. The molecule has 0 saturated carbocycles. The number of aromatic nitrogens is 1. The van der Waals surface area contributed by atoms with Gasteiger partial charge in [0, 0.05) is 24.8 Å². The van der Waals surface area contributed by atoms with E-state index in [1.165, 1.54) is 0 Å². The fraction of sp³-hybridized carbons (Fsp3) is 0.643. The average molecular weight is 251 g/mol. The maximum Gasteiger partial charge on any atom is 0.0602 e. The first kappa shape index (κ1) is 15.1. The number of aliphatic hydroxyl groups is 1. The van der Waals surface area contributed by atoms with Crippen LogP contribution >= 0.6 is 0 Å². The molecule has 0 fully saturated rings. The van der Waals surface area contributed by atoms with E-state index in [0.29, 0.717) is 5.92 Å². The summed E-state index contributed by atoms with van der Waals surface area (Å²) >= 11 is 0. The Bertz CT molecular complexity index is 329. The van der Waals surface area contributed by atoms with E-state index in [4.69, 9.17) is 5.73 Å². The Labute approximate surface area is 110 Å². The van der Waals surface area contributed by atoms with E-state index in [2.05, 4.69) is 30.7 Å². The van der Waals surface area contributed by atoms with E-state index in [0.717, 1.165) is 18.8 Å². The van der Waals surface area contributed by atoms with Crippen molar-refractivity contribution >= 4 is 0 Å². The molecule has 0 saturated heterocycles. The summed E-state index contributed by atoms with van der Waals surface area (Å²) in [6.07, 6.45) is 1.79. The zero-order valence-electron chi connectivity index (χ0n) is 11.6. The highest BCUT2D eigenvalue weighted by molar-refractivity contribution is 5.04. The predicted molar refractivity (Wildman–Crippen MR) is 74.0 cm³/mol. The molecule has 1 rings (SSSR count). The normalized spacial score (nSPS) is 15.1. The summed E-state index contributed by atoms with van der Waals surface area (Å²) in [5.41, 5.74) is 7.19. The molecular weight excluding hydrogens is 226 g/mol. The molecule has 0 amide bonds. The maximum absolute atomic E-state index is 9.58. The van der Waals surface area contributed by atoms with Crippen molar-refractivity contribution in [3.8, 4) is 0 Å². The van der Waals surface area contributed by atoms with Crippen molar-refractivity contribution in [3.63, 3.8) is 0 Å². The molecule has 18 heavy (non-hydrogen) atoms. The molecule has 0 aliphatic rings. The lowest BCUT2D eigenvalue weighted by molar-refractivity contribution is 0.0890. The minimum absolute atomic E-state index is 0.0167. The van der Waals surface area contributed by atoms with Gasteiger partial charge in [0.15, 0.2) is 0 Å². The number of aliphatic hydroxyl groups excluding tert-OH is 1. The molecule has 0 bridgehead atoms. The SMILES string of the molecule is CCN(Cc1ccccn1)C(CO)C(N)C(C)C. The van der Waals surface area contributed by atoms with E-state index < -0.39 is 0 Å². The van der Waals surface area contributed by atoms with Gasteiger partial charge in [-0.15, -0.1) is 0 Å². The first-order chi connectivity index (χ1) is 8.60. The van der Waals surface area contributed by atoms with Crippen LogP contribution in [0.1, 0.15) is 26.5 Å². The van der Waals surface area contributed by atoms with E-state index >= 15 is 0 Å². The van der Waals surface area contributed by atoms with Crippen molar-refractivity contribution in [1.82, 2.24) is 9.88 Å². The van der Waals surface area contributed by atoms with Crippen molar-refractivity contribution in [1.29, 1.82) is 0 Å². The van der Waals surface area contributed by atoms with Crippen LogP contribution < -0.4 is 5.73 Å². The molecule has 0 spiro atoms. The molecule has 0 aromatic carbocycles. The lowest BCUT2D eigenvalue weighted by Gasteiger charge is -2.35. The largest absolute Gasteiger partial charge is 0.395 e. The van der Waals surface area contributed by atoms with E-state index in [1.54, 1.807) is 6.20 Å². The molecule has 0 radical (unpaired) electrons. The third kappa shape index (κ3) is 4.05. The third-order valence-electron chi connectivity index (χ3n) is 3.37. The second kappa shape index (κ2) is 7.46. The van der Waals surface area contributed by atoms with Gasteiger partial charge in [-0.2, -0.15) is 0 Å². The van der Waals surface area contributed by atoms with Gasteiger partial charge >= 0.3 is 0 Å². The summed E-state index contributed by atoms with van der Waals surface area (Å²) in [4.78, 5) is 6.51. The number of nitrogens with two attached hydrogens (primary N) is 1. The average Bonchev–Trinajstić information content (AvgIpc) is 2.39. The first-order valence-corrected chi connectivity index (χ1v) is 6.60. The highest BCUT2D eigenvalue weighted by atomic mass is 16.3. The highest BCUT2D eigenvalue weighted by Gasteiger charge is 2.25. The number of likely N-dealkylation sites (N-methyl/N-ethyl adjacent to an activating group) is 1. The molecule has 4 nitrogen and oxygen atoms in total. The van der Waals surface area contributed by atoms with Crippen LogP contribution in [0.2, 0.25) is 0 Å². The van der Waals surface area contributed by atoms with Crippen molar-refractivity contribution < 1.29 is 5.11 Å². The molecule has 2 unspecified atom stereocenters. The summed E-state index contributed by atoms with van der Waals surface area (Å²) in [5, 5.41) is 9.58. The smallest absolute Gasteiger partial charge is 0.0602 e. The van der Waals surface area contributed by atoms with Crippen molar-refractivity contribution in [2.45, 2.75) is 39.4 Å². The Morgan fingerprint density at radius 1 is 1.39 bits per heavy atom. The zero-order chi connectivity index (χ0) is 13.5. The Balaban J connectivity index is 2.74. The fourth-order valence-corrected chi connectivity index (χ4v) is 2.09. The van der Waals surface area contributed by atoms with Gasteiger partial charge in [-0.3, -0.25) is 9.88 Å². The van der Waals surface area contributed by atoms with Crippen LogP contribution in [0.15, 0.2) is 24.4 Å². The molecule has 2 atom stereocenters. The van der Waals surface area contributed by atoms with Crippen LogP contribution in [0.3, 0.4) is 0 Å². The molecule has 3 N–H and O–H groups in total. The Hall–Kier alpha value is -0.970. The Morgan fingerprint density at radius 2 is 2.11 bits per heavy atom. The lowest BCUT2D eigenvalue weighted by atomic mass is 9.96. The van der Waals surface area contributed by atoms with Crippen LogP contribution in [0.4, 0.5) is 0 Å². The predicted octanol–water partition coefficient (Wildman–Crippen LogP) is 1.25. The molecule has 102 valence electrons. The number of pyridine rings is 1. The number of hydrogen-bond donors (Lipinski definition) is 2. The number of hydrogen-bond acceptors (Lipinski definition) is 4. The van der Waals surface area contributed by atoms with Gasteiger partial charge in [0.05, 0.1) is 12.3 Å². The van der Waals surface area contributed by atoms with Gasteiger partial charge < -0.3 is 10.8 Å². The summed E-state index contributed by atoms with van der Waals surface area (Å²) in [6.45, 7) is 7.91. The van der Waals surface area contributed by atoms with Gasteiger partial charge in [0.1, 0.15) is 0 Å². The standard InChI is InChI=1S/C14H25N3O/c1-4-17(9-12-7-5-6-8-16-12)13(10-18)14(15)11(2)3/h5-8,11,13-14,18H,4,9-10,15H2,1-3H3. The molecular formula is C14H25N3O. The molecule has 1 heterocycles. The van der Waals surface area contributed by atoms with Crippen LogP contribution in [0.25, 0.3) is 0 Å². The van der Waals surface area contributed by atoms with E-state index in [1.807, 2.05) is 18.2 Å². The monoisotopic (exact) mass is 251 g/mol. The van der Waals surface area contributed by atoms with Crippen LogP contribution in [0, 0.1) is 5.92 Å². The molecule has 0 aliphatic heterocycles. The second-order valence-electron chi connectivity index (χ2n) is 4.96. The summed E-state index contributed by atoms with van der Waals surface area (Å²) in [5.74, 6) is 0.347. The minimum atomic E-state index is -0.0290. The molecule has 1 aromatic rings. The van der Waals surface area contributed by atoms with Crippen molar-refractivity contribution in [2.24, 2.45) is 11.7 Å². The van der Waals surface area contributed by atoms with Crippen LogP contribution in [-0.2, 0) is 6.54 Å². The Kier molecular flexibility index (Phi) is 6.25. The van der Waals surface area contributed by atoms with E-state index in [9.17, 15) is 5.11 Å². The van der Waals surface area contributed by atoms with Gasteiger partial charge in [0.2, 0.25) is 0 Å². The van der Waals surface area contributed by atoms with Gasteiger partial charge in [0.25, 0.3) is 0 Å². The van der Waals surface area contributed by atoms with Crippen molar-refractivity contribution in [3.05, 3.63) is 30.1 Å². The topological polar surface area (TPSA) is 62.4 Å². The number of rotatable bonds is 7. The summed E-state index contributed by atoms with van der Waals surface area (Å²) in [6, 6.07) is 5.84. The fourth-order valence-electron chi connectivity index (χ4n) is 2.09. The van der Waals surface area contributed by atoms with Crippen molar-refractivity contribution in [2.75, 3.05) is 13.2 Å². The van der Waals surface area contributed by atoms with Crippen LogP contribution in [0.5, 0.6) is 0 Å². The molecule has 4 heteroatoms. The van der Waals surface area contributed by atoms with Gasteiger partial charge in [-0.1, -0.05) is 26.8 Å². The molecule has 0 aliphatic carbocycles. The first-order valence-electron chi connectivity index (χ1n) is 6.60. The minimum Gasteiger partial charge on any atom is -0.395 e. The third-order valence-corrected chi connectivity index (χ3v) is 3.37. The highest BCUT2D eigenvalue weighted by Crippen LogP contribution is 2.13. The molecule has 1 aromatic heterocycles. The Morgan fingerprint density at radius 3 is 2.56 bits per heavy atom. The quantitative estimate of drug-likeness (QED) is 0.765. The number of nitrogens with zero attached hydrogens (tertiary/aromatic N) is 2. The van der Waals surface area contributed by atoms with Gasteiger partial charge in [-0.05, 0) is 24.6 Å². The van der Waals surface area contributed by atoms with Gasteiger partial charge in [-0.25, -0.2) is 0 Å². The summed E-state index contributed by atoms with van der Waals surface area (Å²) < 4.78 is 0. The zero-order valence-corrected chi connectivity index (χ0v) is 11.6. The van der Waals surface area contributed by atoms with E-state index in [-0.39, 0.29) is 18.7 Å². The summed E-state index contributed by atoms with van der Waals surface area (Å²) in [7, 11) is 0. The lowest BCUT2D eigenvalue weighted by Crippen LogP contribution is -2.52.